The zero-order valence-corrected chi connectivity index (χ0v) is 14.7. The highest BCUT2D eigenvalue weighted by Gasteiger charge is 2.22. The number of thioether (sulfide) groups is 1. The summed E-state index contributed by atoms with van der Waals surface area (Å²) in [6.45, 7) is 0. The first-order valence-corrected chi connectivity index (χ1v) is 8.86. The molecule has 0 bridgehead atoms. The van der Waals surface area contributed by atoms with Crippen molar-refractivity contribution in [3.8, 4) is 5.75 Å². The van der Waals surface area contributed by atoms with E-state index in [2.05, 4.69) is 5.32 Å². The van der Waals surface area contributed by atoms with Gasteiger partial charge in [0.15, 0.2) is 0 Å². The van der Waals surface area contributed by atoms with Gasteiger partial charge in [-0.25, -0.2) is 0 Å². The zero-order chi connectivity index (χ0) is 17.5. The van der Waals surface area contributed by atoms with Gasteiger partial charge in [-0.2, -0.15) is 0 Å². The van der Waals surface area contributed by atoms with E-state index in [0.29, 0.717) is 0 Å². The number of methoxy groups -OCH3 is 1. The van der Waals surface area contributed by atoms with Crippen LogP contribution >= 0.6 is 11.8 Å². The highest BCUT2D eigenvalue weighted by Crippen LogP contribution is 2.36. The molecule has 126 valence electrons. The molecule has 3 aromatic carbocycles. The van der Waals surface area contributed by atoms with Gasteiger partial charge in [0.2, 0.25) is 5.91 Å². The van der Waals surface area contributed by atoms with Crippen molar-refractivity contribution in [2.24, 2.45) is 0 Å². The van der Waals surface area contributed by atoms with Gasteiger partial charge in [0.25, 0.3) is 0 Å². The van der Waals surface area contributed by atoms with Crippen molar-refractivity contribution in [3.05, 3.63) is 90.5 Å². The predicted molar refractivity (Wildman–Crippen MR) is 103 cm³/mol. The van der Waals surface area contributed by atoms with Crippen molar-refractivity contribution < 1.29 is 9.53 Å². The number of carbonyl (C=O) groups is 1. The molecule has 0 radical (unpaired) electrons. The molecule has 0 aliphatic rings. The van der Waals surface area contributed by atoms with Crippen molar-refractivity contribution in [2.75, 3.05) is 12.4 Å². The van der Waals surface area contributed by atoms with E-state index in [1.807, 2.05) is 84.9 Å². The first-order valence-electron chi connectivity index (χ1n) is 7.98. The van der Waals surface area contributed by atoms with E-state index in [-0.39, 0.29) is 11.2 Å². The van der Waals surface area contributed by atoms with Crippen LogP contribution in [-0.2, 0) is 4.79 Å². The number of nitrogens with one attached hydrogen (secondary N) is 1. The van der Waals surface area contributed by atoms with Crippen LogP contribution in [0.15, 0.2) is 89.8 Å². The molecule has 0 heterocycles. The van der Waals surface area contributed by atoms with Crippen LogP contribution in [0, 0.1) is 0 Å². The summed E-state index contributed by atoms with van der Waals surface area (Å²) >= 11 is 1.52. The molecule has 3 nitrogen and oxygen atoms in total. The molecule has 0 saturated carbocycles. The lowest BCUT2D eigenvalue weighted by atomic mass is 10.1. The Labute approximate surface area is 152 Å². The van der Waals surface area contributed by atoms with Gasteiger partial charge >= 0.3 is 0 Å². The van der Waals surface area contributed by atoms with Gasteiger partial charge in [-0.05, 0) is 42.0 Å². The highest BCUT2D eigenvalue weighted by molar-refractivity contribution is 8.00. The minimum Gasteiger partial charge on any atom is -0.497 e. The van der Waals surface area contributed by atoms with Crippen molar-refractivity contribution in [1.29, 1.82) is 0 Å². The van der Waals surface area contributed by atoms with Crippen LogP contribution in [0.25, 0.3) is 0 Å². The SMILES string of the molecule is COc1ccc(SC(C(=O)Nc2ccccc2)c2ccccc2)cc1. The molecule has 1 unspecified atom stereocenters. The van der Waals surface area contributed by atoms with Crippen molar-refractivity contribution in [2.45, 2.75) is 10.1 Å². The minimum atomic E-state index is -0.338. The predicted octanol–water partition coefficient (Wildman–Crippen LogP) is 5.17. The number of hydrogen-bond donors (Lipinski definition) is 1. The summed E-state index contributed by atoms with van der Waals surface area (Å²) in [5.74, 6) is 0.757. The molecule has 1 N–H and O–H groups in total. The normalized spacial score (nSPS) is 11.6. The monoisotopic (exact) mass is 349 g/mol. The molecule has 0 aromatic heterocycles. The van der Waals surface area contributed by atoms with Gasteiger partial charge in [0.05, 0.1) is 7.11 Å². The third-order valence-electron chi connectivity index (χ3n) is 3.70. The van der Waals surface area contributed by atoms with Crippen molar-refractivity contribution in [1.82, 2.24) is 0 Å². The molecule has 3 aromatic rings. The molecule has 25 heavy (non-hydrogen) atoms. The lowest BCUT2D eigenvalue weighted by Gasteiger charge is -2.17. The van der Waals surface area contributed by atoms with Crippen molar-refractivity contribution >= 4 is 23.4 Å². The summed E-state index contributed by atoms with van der Waals surface area (Å²) in [6, 6.07) is 27.1. The number of benzene rings is 3. The van der Waals surface area contributed by atoms with Crippen LogP contribution in [0.4, 0.5) is 5.69 Å². The Morgan fingerprint density at radius 3 is 2.08 bits per heavy atom. The largest absolute Gasteiger partial charge is 0.497 e. The molecule has 0 spiro atoms. The second kappa shape index (κ2) is 8.40. The molecule has 1 atom stereocenters. The summed E-state index contributed by atoms with van der Waals surface area (Å²) in [6.07, 6.45) is 0. The Morgan fingerprint density at radius 1 is 0.880 bits per heavy atom. The highest BCUT2D eigenvalue weighted by atomic mass is 32.2. The number of ether oxygens (including phenoxy) is 1. The first kappa shape index (κ1) is 17.1. The average Bonchev–Trinajstić information content (AvgIpc) is 2.68. The molecule has 0 aliphatic carbocycles. The Kier molecular flexibility index (Phi) is 5.75. The van der Waals surface area contributed by atoms with E-state index in [1.165, 1.54) is 11.8 Å². The maximum Gasteiger partial charge on any atom is 0.242 e. The summed E-state index contributed by atoms with van der Waals surface area (Å²) in [7, 11) is 1.64. The standard InChI is InChI=1S/C21H19NO2S/c1-24-18-12-14-19(15-13-18)25-20(16-8-4-2-5-9-16)21(23)22-17-10-6-3-7-11-17/h2-15,20H,1H3,(H,22,23). The van der Waals surface area contributed by atoms with Gasteiger partial charge < -0.3 is 10.1 Å². The van der Waals surface area contributed by atoms with E-state index in [1.54, 1.807) is 7.11 Å². The van der Waals surface area contributed by atoms with E-state index in [0.717, 1.165) is 21.9 Å². The topological polar surface area (TPSA) is 38.3 Å². The second-order valence-electron chi connectivity index (χ2n) is 5.44. The van der Waals surface area contributed by atoms with Gasteiger partial charge in [-0.3, -0.25) is 4.79 Å². The number of para-hydroxylation sites is 1. The Bertz CT molecular complexity index is 804. The summed E-state index contributed by atoms with van der Waals surface area (Å²) < 4.78 is 5.20. The van der Waals surface area contributed by atoms with Crippen molar-refractivity contribution in [3.63, 3.8) is 0 Å². The van der Waals surface area contributed by atoms with E-state index in [9.17, 15) is 4.79 Å². The van der Waals surface area contributed by atoms with Gasteiger partial charge in [-0.15, -0.1) is 11.8 Å². The quantitative estimate of drug-likeness (QED) is 0.624. The maximum absolute atomic E-state index is 12.9. The molecule has 1 amide bonds. The van der Waals surface area contributed by atoms with Crippen LogP contribution in [-0.4, -0.2) is 13.0 Å². The van der Waals surface area contributed by atoms with Crippen LogP contribution in [0.3, 0.4) is 0 Å². The van der Waals surface area contributed by atoms with Crippen LogP contribution in [0.5, 0.6) is 5.75 Å². The lowest BCUT2D eigenvalue weighted by Crippen LogP contribution is -2.18. The number of rotatable bonds is 6. The van der Waals surface area contributed by atoms with Gasteiger partial charge in [0, 0.05) is 10.6 Å². The number of amides is 1. The molecular formula is C21H19NO2S. The van der Waals surface area contributed by atoms with Gasteiger partial charge in [-0.1, -0.05) is 48.5 Å². The summed E-state index contributed by atoms with van der Waals surface area (Å²) in [4.78, 5) is 13.9. The molecule has 0 fully saturated rings. The fraction of sp³-hybridized carbons (Fsp3) is 0.0952. The van der Waals surface area contributed by atoms with E-state index in [4.69, 9.17) is 4.74 Å². The Hall–Kier alpha value is -2.72. The van der Waals surface area contributed by atoms with Gasteiger partial charge in [0.1, 0.15) is 11.0 Å². The zero-order valence-electron chi connectivity index (χ0n) is 13.9. The fourth-order valence-corrected chi connectivity index (χ4v) is 3.45. The second-order valence-corrected chi connectivity index (χ2v) is 6.62. The molecular weight excluding hydrogens is 330 g/mol. The Morgan fingerprint density at radius 2 is 1.48 bits per heavy atom. The summed E-state index contributed by atoms with van der Waals surface area (Å²) in [5, 5.41) is 2.66. The maximum atomic E-state index is 12.9. The summed E-state index contributed by atoms with van der Waals surface area (Å²) in [5.41, 5.74) is 1.76. The molecule has 4 heteroatoms. The third-order valence-corrected chi connectivity index (χ3v) is 4.96. The first-order chi connectivity index (χ1) is 12.3. The number of carbonyl (C=O) groups excluding carboxylic acids is 1. The average molecular weight is 349 g/mol. The number of anilines is 1. The van der Waals surface area contributed by atoms with E-state index < -0.39 is 0 Å². The lowest BCUT2D eigenvalue weighted by molar-refractivity contribution is -0.115. The third kappa shape index (κ3) is 4.64. The van der Waals surface area contributed by atoms with Crippen LogP contribution in [0.2, 0.25) is 0 Å². The smallest absolute Gasteiger partial charge is 0.242 e. The molecule has 3 rings (SSSR count). The van der Waals surface area contributed by atoms with Crippen LogP contribution < -0.4 is 10.1 Å². The van der Waals surface area contributed by atoms with Crippen LogP contribution in [0.1, 0.15) is 10.8 Å². The minimum absolute atomic E-state index is 0.0433. The van der Waals surface area contributed by atoms with E-state index >= 15 is 0 Å². The molecule has 0 saturated heterocycles. The molecule has 0 aliphatic heterocycles. The number of hydrogen-bond acceptors (Lipinski definition) is 3. The Balaban J connectivity index is 1.83. The fourth-order valence-electron chi connectivity index (χ4n) is 2.42.